The van der Waals surface area contributed by atoms with E-state index in [0.29, 0.717) is 50.0 Å². The summed E-state index contributed by atoms with van der Waals surface area (Å²) in [4.78, 5) is 17.1. The van der Waals surface area contributed by atoms with Crippen molar-refractivity contribution in [2.75, 3.05) is 13.7 Å². The van der Waals surface area contributed by atoms with Crippen LogP contribution in [0.4, 0.5) is 18.0 Å². The highest BCUT2D eigenvalue weighted by Crippen LogP contribution is 2.42. The molecule has 0 amide bonds. The second-order valence-corrected chi connectivity index (χ2v) is 8.41. The molecule has 0 radical (unpaired) electrons. The van der Waals surface area contributed by atoms with E-state index in [0.717, 1.165) is 12.1 Å². The van der Waals surface area contributed by atoms with E-state index in [1.54, 1.807) is 43.3 Å². The fourth-order valence-corrected chi connectivity index (χ4v) is 3.97. The standard InChI is InChI=1S/C28H21ClF3NO6/c1-4-13-36-27(34)38-26-21-14-22(29)24(35-3)15-23(21)33-16(2)25(26)17-5-7-18(8-6-17)37-19-9-11-20(12-10-19)39-28(30,31)32/h4-12,14-15H,1,13H2,2-3H3. The maximum Gasteiger partial charge on any atom is 0.573 e. The number of aromatic nitrogens is 1. The van der Waals surface area contributed by atoms with Crippen LogP contribution in [0.25, 0.3) is 22.0 Å². The fraction of sp³-hybridized carbons (Fsp3) is 0.143. The molecule has 0 fully saturated rings. The highest BCUT2D eigenvalue weighted by molar-refractivity contribution is 6.33. The van der Waals surface area contributed by atoms with Crippen molar-refractivity contribution in [3.8, 4) is 39.9 Å². The third kappa shape index (κ3) is 6.71. The van der Waals surface area contributed by atoms with Crippen LogP contribution in [-0.4, -0.2) is 31.2 Å². The summed E-state index contributed by atoms with van der Waals surface area (Å²) < 4.78 is 62.7. The van der Waals surface area contributed by atoms with Gasteiger partial charge in [-0.05, 0) is 55.0 Å². The summed E-state index contributed by atoms with van der Waals surface area (Å²) in [5.74, 6) is 0.948. The SMILES string of the molecule is C=CCOC(=O)Oc1c(-c2ccc(Oc3ccc(OC(F)(F)F)cc3)cc2)c(C)nc2cc(OC)c(Cl)cc12. The van der Waals surface area contributed by atoms with E-state index in [1.165, 1.54) is 25.3 Å². The van der Waals surface area contributed by atoms with Crippen LogP contribution in [0.2, 0.25) is 5.02 Å². The van der Waals surface area contributed by atoms with Gasteiger partial charge in [0.25, 0.3) is 0 Å². The maximum absolute atomic E-state index is 12.4. The van der Waals surface area contributed by atoms with Crippen LogP contribution >= 0.6 is 11.6 Å². The predicted molar refractivity (Wildman–Crippen MR) is 139 cm³/mol. The van der Waals surface area contributed by atoms with E-state index in [-0.39, 0.29) is 18.1 Å². The molecule has 0 aliphatic rings. The predicted octanol–water partition coefficient (Wildman–Crippen LogP) is 8.26. The summed E-state index contributed by atoms with van der Waals surface area (Å²) in [5.41, 5.74) is 2.19. The Morgan fingerprint density at radius 1 is 1.03 bits per heavy atom. The number of halogens is 4. The Hall–Kier alpha value is -4.44. The minimum absolute atomic E-state index is 0.0416. The smallest absolute Gasteiger partial charge is 0.495 e. The number of nitrogens with zero attached hydrogens (tertiary/aromatic N) is 1. The molecular weight excluding hydrogens is 539 g/mol. The second-order valence-electron chi connectivity index (χ2n) is 8.00. The van der Waals surface area contributed by atoms with E-state index < -0.39 is 12.5 Å². The van der Waals surface area contributed by atoms with Crippen molar-refractivity contribution in [3.63, 3.8) is 0 Å². The van der Waals surface area contributed by atoms with E-state index in [4.69, 9.17) is 30.5 Å². The Morgan fingerprint density at radius 2 is 1.64 bits per heavy atom. The third-order valence-electron chi connectivity index (χ3n) is 5.33. The number of pyridine rings is 1. The number of rotatable bonds is 8. The monoisotopic (exact) mass is 559 g/mol. The first kappa shape index (κ1) is 27.6. The van der Waals surface area contributed by atoms with E-state index in [1.807, 2.05) is 0 Å². The quantitative estimate of drug-likeness (QED) is 0.159. The number of alkyl halides is 3. The van der Waals surface area contributed by atoms with Crippen molar-refractivity contribution in [2.24, 2.45) is 0 Å². The molecule has 0 aliphatic heterocycles. The highest BCUT2D eigenvalue weighted by atomic mass is 35.5. The van der Waals surface area contributed by atoms with Crippen LogP contribution in [-0.2, 0) is 4.74 Å². The number of benzene rings is 3. The van der Waals surface area contributed by atoms with Gasteiger partial charge in [-0.25, -0.2) is 4.79 Å². The van der Waals surface area contributed by atoms with Gasteiger partial charge in [0.2, 0.25) is 0 Å². The summed E-state index contributed by atoms with van der Waals surface area (Å²) in [7, 11) is 1.48. The van der Waals surface area contributed by atoms with Crippen molar-refractivity contribution < 1.29 is 41.7 Å². The number of carbonyl (C=O) groups excluding carboxylic acids is 1. The molecular formula is C28H21ClF3NO6. The van der Waals surface area contributed by atoms with Crippen molar-refractivity contribution in [1.29, 1.82) is 0 Å². The molecule has 0 spiro atoms. The van der Waals surface area contributed by atoms with Crippen LogP contribution in [0.1, 0.15) is 5.69 Å². The third-order valence-corrected chi connectivity index (χ3v) is 5.63. The first-order chi connectivity index (χ1) is 18.6. The Kier molecular flexibility index (Phi) is 8.15. The number of aryl methyl sites for hydroxylation is 1. The molecule has 3 aromatic carbocycles. The van der Waals surface area contributed by atoms with Gasteiger partial charge in [0.15, 0.2) is 5.75 Å². The molecule has 0 bridgehead atoms. The number of hydrogen-bond donors (Lipinski definition) is 0. The topological polar surface area (TPSA) is 76.1 Å². The minimum Gasteiger partial charge on any atom is -0.495 e. The van der Waals surface area contributed by atoms with Crippen LogP contribution in [0.15, 0.2) is 73.3 Å². The fourth-order valence-electron chi connectivity index (χ4n) is 3.73. The lowest BCUT2D eigenvalue weighted by atomic mass is 10.00. The van der Waals surface area contributed by atoms with E-state index in [2.05, 4.69) is 16.3 Å². The molecule has 4 aromatic rings. The zero-order chi connectivity index (χ0) is 28.2. The molecule has 0 saturated heterocycles. The average Bonchev–Trinajstić information content (AvgIpc) is 2.88. The van der Waals surface area contributed by atoms with Gasteiger partial charge in [0.05, 0.1) is 17.6 Å². The summed E-state index contributed by atoms with van der Waals surface area (Å²) >= 11 is 6.35. The van der Waals surface area contributed by atoms with Crippen LogP contribution in [0.5, 0.6) is 28.7 Å². The zero-order valence-corrected chi connectivity index (χ0v) is 21.4. The summed E-state index contributed by atoms with van der Waals surface area (Å²) in [6.07, 6.45) is -4.31. The minimum atomic E-state index is -4.78. The molecule has 0 atom stereocenters. The molecule has 1 aromatic heterocycles. The van der Waals surface area contributed by atoms with Gasteiger partial charge in [-0.2, -0.15) is 0 Å². The van der Waals surface area contributed by atoms with Gasteiger partial charge >= 0.3 is 12.5 Å². The highest BCUT2D eigenvalue weighted by Gasteiger charge is 2.31. The Labute approximate surface area is 226 Å². The molecule has 0 N–H and O–H groups in total. The lowest BCUT2D eigenvalue weighted by molar-refractivity contribution is -0.274. The average molecular weight is 560 g/mol. The van der Waals surface area contributed by atoms with Crippen LogP contribution < -0.4 is 18.9 Å². The molecule has 0 aliphatic carbocycles. The maximum atomic E-state index is 12.4. The Balaban J connectivity index is 1.68. The number of fused-ring (bicyclic) bond motifs is 1. The Bertz CT molecular complexity index is 1510. The number of ether oxygens (including phenoxy) is 5. The molecule has 0 saturated carbocycles. The molecule has 7 nitrogen and oxygen atoms in total. The summed E-state index contributed by atoms with van der Waals surface area (Å²) in [5, 5.41) is 0.750. The number of hydrogen-bond acceptors (Lipinski definition) is 7. The number of carbonyl (C=O) groups is 1. The van der Waals surface area contributed by atoms with Crippen LogP contribution in [0, 0.1) is 6.92 Å². The first-order valence-electron chi connectivity index (χ1n) is 11.4. The summed E-state index contributed by atoms with van der Waals surface area (Å²) in [6.45, 7) is 5.23. The summed E-state index contributed by atoms with van der Waals surface area (Å²) in [6, 6.07) is 15.0. The van der Waals surface area contributed by atoms with Crippen molar-refractivity contribution in [2.45, 2.75) is 13.3 Å². The number of methoxy groups -OCH3 is 1. The lowest BCUT2D eigenvalue weighted by Crippen LogP contribution is -2.16. The largest absolute Gasteiger partial charge is 0.573 e. The molecule has 11 heteroatoms. The molecule has 202 valence electrons. The normalized spacial score (nSPS) is 11.1. The molecule has 39 heavy (non-hydrogen) atoms. The van der Waals surface area contributed by atoms with Gasteiger partial charge in [0.1, 0.15) is 29.6 Å². The molecule has 4 rings (SSSR count). The molecule has 1 heterocycles. The lowest BCUT2D eigenvalue weighted by Gasteiger charge is -2.17. The van der Waals surface area contributed by atoms with Gasteiger partial charge in [-0.15, -0.1) is 13.2 Å². The first-order valence-corrected chi connectivity index (χ1v) is 11.7. The second kappa shape index (κ2) is 11.5. The van der Waals surface area contributed by atoms with Gasteiger partial charge in [0, 0.05) is 22.7 Å². The van der Waals surface area contributed by atoms with Crippen molar-refractivity contribution in [3.05, 3.63) is 84.0 Å². The van der Waals surface area contributed by atoms with Crippen LogP contribution in [0.3, 0.4) is 0 Å². The zero-order valence-electron chi connectivity index (χ0n) is 20.7. The van der Waals surface area contributed by atoms with Crippen molar-refractivity contribution in [1.82, 2.24) is 4.98 Å². The van der Waals surface area contributed by atoms with E-state index in [9.17, 15) is 18.0 Å². The van der Waals surface area contributed by atoms with Gasteiger partial charge in [-0.3, -0.25) is 4.98 Å². The van der Waals surface area contributed by atoms with E-state index >= 15 is 0 Å². The van der Waals surface area contributed by atoms with Gasteiger partial charge in [-0.1, -0.05) is 36.4 Å². The van der Waals surface area contributed by atoms with Crippen molar-refractivity contribution >= 4 is 28.7 Å². The van der Waals surface area contributed by atoms with Gasteiger partial charge < -0.3 is 23.7 Å². The Morgan fingerprint density at radius 3 is 2.23 bits per heavy atom. The molecule has 0 unspecified atom stereocenters.